The van der Waals surface area contributed by atoms with Gasteiger partial charge in [-0.25, -0.2) is 9.59 Å². The Morgan fingerprint density at radius 3 is 2.21 bits per heavy atom. The molecule has 7 nitrogen and oxygen atoms in total. The van der Waals surface area contributed by atoms with Crippen LogP contribution in [0.2, 0.25) is 0 Å². The van der Waals surface area contributed by atoms with E-state index in [1.165, 1.54) is 7.11 Å². The molecular formula is C21H32N2O5. The average molecular weight is 392 g/mol. The molecule has 0 aliphatic heterocycles. The molecule has 1 rings (SSSR count). The van der Waals surface area contributed by atoms with Crippen molar-refractivity contribution in [3.05, 3.63) is 35.9 Å². The minimum Gasteiger partial charge on any atom is -0.467 e. The lowest BCUT2D eigenvalue weighted by Gasteiger charge is -2.26. The first-order valence-corrected chi connectivity index (χ1v) is 9.63. The van der Waals surface area contributed by atoms with Crippen molar-refractivity contribution in [2.24, 2.45) is 11.8 Å². The van der Waals surface area contributed by atoms with Gasteiger partial charge >= 0.3 is 12.1 Å². The zero-order valence-corrected chi connectivity index (χ0v) is 17.4. The molecule has 3 atom stereocenters. The van der Waals surface area contributed by atoms with Gasteiger partial charge in [-0.1, -0.05) is 64.4 Å². The summed E-state index contributed by atoms with van der Waals surface area (Å²) in [7, 11) is 1.29. The van der Waals surface area contributed by atoms with E-state index in [4.69, 9.17) is 9.47 Å². The third-order valence-electron chi connectivity index (χ3n) is 4.49. The standard InChI is InChI=1S/C21H32N2O5/c1-6-15(4)18(20(25)27-5)23-19(24)17(12-14(2)3)22-21(26)28-13-16-10-8-7-9-11-16/h7-11,14-15,17-18H,6,12-13H2,1-5H3,(H,22,26)(H,23,24)/t15-,17+,18-/m1/s1. The van der Waals surface area contributed by atoms with Gasteiger partial charge in [-0.05, 0) is 23.8 Å². The van der Waals surface area contributed by atoms with E-state index in [0.717, 1.165) is 5.56 Å². The van der Waals surface area contributed by atoms with Crippen LogP contribution in [0.25, 0.3) is 0 Å². The smallest absolute Gasteiger partial charge is 0.408 e. The maximum atomic E-state index is 12.8. The van der Waals surface area contributed by atoms with Crippen molar-refractivity contribution in [2.45, 2.75) is 59.2 Å². The zero-order chi connectivity index (χ0) is 21.1. The number of carbonyl (C=O) groups is 3. The first kappa shape index (κ1) is 23.5. The van der Waals surface area contributed by atoms with Crippen LogP contribution in [-0.2, 0) is 25.7 Å². The molecule has 0 radical (unpaired) electrons. The second-order valence-corrected chi connectivity index (χ2v) is 7.28. The lowest BCUT2D eigenvalue weighted by atomic mass is 9.97. The van der Waals surface area contributed by atoms with Crippen molar-refractivity contribution in [3.8, 4) is 0 Å². The Morgan fingerprint density at radius 2 is 1.68 bits per heavy atom. The van der Waals surface area contributed by atoms with Crippen LogP contribution in [-0.4, -0.2) is 37.2 Å². The van der Waals surface area contributed by atoms with Gasteiger partial charge in [0.15, 0.2) is 0 Å². The van der Waals surface area contributed by atoms with Gasteiger partial charge < -0.3 is 20.1 Å². The minimum absolute atomic E-state index is 0.0962. The van der Waals surface area contributed by atoms with Crippen LogP contribution in [0.3, 0.4) is 0 Å². The van der Waals surface area contributed by atoms with E-state index in [1.54, 1.807) is 0 Å². The number of amides is 2. The summed E-state index contributed by atoms with van der Waals surface area (Å²) in [5, 5.41) is 5.33. The number of alkyl carbamates (subject to hydrolysis) is 1. The lowest BCUT2D eigenvalue weighted by molar-refractivity contribution is -0.146. The van der Waals surface area contributed by atoms with Gasteiger partial charge in [-0.2, -0.15) is 0 Å². The second-order valence-electron chi connectivity index (χ2n) is 7.28. The highest BCUT2D eigenvalue weighted by Gasteiger charge is 2.31. The van der Waals surface area contributed by atoms with Crippen LogP contribution < -0.4 is 10.6 Å². The van der Waals surface area contributed by atoms with E-state index in [-0.39, 0.29) is 18.4 Å². The predicted octanol–water partition coefficient (Wildman–Crippen LogP) is 3.03. The van der Waals surface area contributed by atoms with Crippen LogP contribution in [0.1, 0.15) is 46.1 Å². The quantitative estimate of drug-likeness (QED) is 0.597. The first-order valence-electron chi connectivity index (χ1n) is 9.63. The molecule has 1 aromatic carbocycles. The van der Waals surface area contributed by atoms with Gasteiger partial charge in [0.2, 0.25) is 5.91 Å². The van der Waals surface area contributed by atoms with Crippen molar-refractivity contribution in [1.82, 2.24) is 10.6 Å². The summed E-state index contributed by atoms with van der Waals surface area (Å²) >= 11 is 0. The Balaban J connectivity index is 2.75. The largest absolute Gasteiger partial charge is 0.467 e. The molecule has 0 saturated heterocycles. The van der Waals surface area contributed by atoms with Crippen molar-refractivity contribution in [3.63, 3.8) is 0 Å². The molecule has 1 aromatic rings. The van der Waals surface area contributed by atoms with Gasteiger partial charge in [0.1, 0.15) is 18.7 Å². The van der Waals surface area contributed by atoms with Crippen LogP contribution in [0.5, 0.6) is 0 Å². The molecular weight excluding hydrogens is 360 g/mol. The van der Waals surface area contributed by atoms with Crippen molar-refractivity contribution in [2.75, 3.05) is 7.11 Å². The van der Waals surface area contributed by atoms with Gasteiger partial charge in [0.05, 0.1) is 7.11 Å². The van der Waals surface area contributed by atoms with Crippen molar-refractivity contribution in [1.29, 1.82) is 0 Å². The van der Waals surface area contributed by atoms with Crippen LogP contribution in [0, 0.1) is 11.8 Å². The average Bonchev–Trinajstić information content (AvgIpc) is 2.69. The molecule has 0 spiro atoms. The number of rotatable bonds is 10. The highest BCUT2D eigenvalue weighted by Crippen LogP contribution is 2.12. The summed E-state index contributed by atoms with van der Waals surface area (Å²) in [5.74, 6) is -0.870. The van der Waals surface area contributed by atoms with Gasteiger partial charge in [0.25, 0.3) is 0 Å². The number of methoxy groups -OCH3 is 1. The molecule has 2 amide bonds. The van der Waals surface area contributed by atoms with Gasteiger partial charge in [0, 0.05) is 0 Å². The lowest BCUT2D eigenvalue weighted by Crippen LogP contribution is -2.54. The van der Waals surface area contributed by atoms with E-state index in [0.29, 0.717) is 12.8 Å². The van der Waals surface area contributed by atoms with E-state index in [2.05, 4.69) is 10.6 Å². The highest BCUT2D eigenvalue weighted by molar-refractivity contribution is 5.89. The Kier molecular flexibility index (Phi) is 10.1. The molecule has 2 N–H and O–H groups in total. The molecule has 0 unspecified atom stereocenters. The van der Waals surface area contributed by atoms with E-state index in [1.807, 2.05) is 58.0 Å². The Bertz CT molecular complexity index is 633. The Hall–Kier alpha value is -2.57. The van der Waals surface area contributed by atoms with Crippen molar-refractivity contribution >= 4 is 18.0 Å². The highest BCUT2D eigenvalue weighted by atomic mass is 16.5. The number of benzene rings is 1. The van der Waals surface area contributed by atoms with Gasteiger partial charge in [-0.15, -0.1) is 0 Å². The minimum atomic E-state index is -0.806. The van der Waals surface area contributed by atoms with Crippen LogP contribution in [0.4, 0.5) is 4.79 Å². The van der Waals surface area contributed by atoms with Crippen LogP contribution >= 0.6 is 0 Å². The Labute approximate surface area is 167 Å². The topological polar surface area (TPSA) is 93.7 Å². The molecule has 0 saturated carbocycles. The van der Waals surface area contributed by atoms with Crippen LogP contribution in [0.15, 0.2) is 30.3 Å². The summed E-state index contributed by atoms with van der Waals surface area (Å²) in [6.07, 6.45) is 0.435. The Morgan fingerprint density at radius 1 is 1.04 bits per heavy atom. The second kappa shape index (κ2) is 12.0. The molecule has 0 aromatic heterocycles. The molecule has 0 fully saturated rings. The normalized spacial score (nSPS) is 13.9. The fourth-order valence-electron chi connectivity index (χ4n) is 2.66. The molecule has 0 heterocycles. The SMILES string of the molecule is CC[C@@H](C)[C@@H](NC(=O)[C@H](CC(C)C)NC(=O)OCc1ccccc1)C(=O)OC. The zero-order valence-electron chi connectivity index (χ0n) is 17.4. The van der Waals surface area contributed by atoms with Gasteiger partial charge in [-0.3, -0.25) is 4.79 Å². The van der Waals surface area contributed by atoms with E-state index < -0.39 is 30.1 Å². The fraction of sp³-hybridized carbons (Fsp3) is 0.571. The molecule has 156 valence electrons. The maximum Gasteiger partial charge on any atom is 0.408 e. The summed E-state index contributed by atoms with van der Waals surface area (Å²) in [5.41, 5.74) is 0.852. The number of ether oxygens (including phenoxy) is 2. The number of carbonyl (C=O) groups excluding carboxylic acids is 3. The molecule has 0 aliphatic carbocycles. The summed E-state index contributed by atoms with van der Waals surface area (Å²) in [4.78, 5) is 36.9. The fourth-order valence-corrected chi connectivity index (χ4v) is 2.66. The first-order chi connectivity index (χ1) is 13.3. The molecule has 0 aliphatic rings. The molecule has 28 heavy (non-hydrogen) atoms. The summed E-state index contributed by atoms with van der Waals surface area (Å²) < 4.78 is 10.0. The molecule has 7 heteroatoms. The number of nitrogens with one attached hydrogen (secondary N) is 2. The molecule has 0 bridgehead atoms. The van der Waals surface area contributed by atoms with Crippen molar-refractivity contribution < 1.29 is 23.9 Å². The summed E-state index contributed by atoms with van der Waals surface area (Å²) in [6.45, 7) is 7.80. The third-order valence-corrected chi connectivity index (χ3v) is 4.49. The number of hydrogen-bond acceptors (Lipinski definition) is 5. The number of hydrogen-bond donors (Lipinski definition) is 2. The van der Waals surface area contributed by atoms with E-state index >= 15 is 0 Å². The monoisotopic (exact) mass is 392 g/mol. The predicted molar refractivity (Wildman–Crippen MR) is 106 cm³/mol. The summed E-state index contributed by atoms with van der Waals surface area (Å²) in [6, 6.07) is 7.71. The van der Waals surface area contributed by atoms with E-state index in [9.17, 15) is 14.4 Å². The number of esters is 1. The maximum absolute atomic E-state index is 12.8. The third kappa shape index (κ3) is 7.98.